The summed E-state index contributed by atoms with van der Waals surface area (Å²) in [6.45, 7) is 1.96. The second-order valence-electron chi connectivity index (χ2n) is 5.95. The zero-order valence-electron chi connectivity index (χ0n) is 12.8. The Labute approximate surface area is 133 Å². The Balaban J connectivity index is 1.96. The van der Waals surface area contributed by atoms with Crippen LogP contribution < -0.4 is 0 Å². The molecule has 0 amide bonds. The molecule has 1 aliphatic carbocycles. The molecule has 1 atom stereocenters. The van der Waals surface area contributed by atoms with E-state index in [-0.39, 0.29) is 11.7 Å². The first-order valence-electron chi connectivity index (χ1n) is 7.73. The highest BCUT2D eigenvalue weighted by Crippen LogP contribution is 2.36. The van der Waals surface area contributed by atoms with Gasteiger partial charge in [-0.15, -0.1) is 0 Å². The Morgan fingerprint density at radius 3 is 2.61 bits per heavy atom. The van der Waals surface area contributed by atoms with Crippen molar-refractivity contribution >= 4 is 0 Å². The Morgan fingerprint density at radius 1 is 1.17 bits per heavy atom. The Morgan fingerprint density at radius 2 is 1.96 bits per heavy atom. The summed E-state index contributed by atoms with van der Waals surface area (Å²) in [6.07, 6.45) is 2.12. The molecule has 0 spiro atoms. The fourth-order valence-corrected chi connectivity index (χ4v) is 3.34. The summed E-state index contributed by atoms with van der Waals surface area (Å²) < 4.78 is 42.3. The maximum absolute atomic E-state index is 14.3. The first-order chi connectivity index (χ1) is 11.0. The molecule has 23 heavy (non-hydrogen) atoms. The average Bonchev–Trinajstić information content (AvgIpc) is 2.54. The lowest BCUT2D eigenvalue weighted by molar-refractivity contribution is 0.502. The SMILES string of the molecule is CCc1ccc(C2CCc3c(cc(F)c(C#N)c3F)C2)c(F)c1. The number of rotatable bonds is 2. The highest BCUT2D eigenvalue weighted by molar-refractivity contribution is 5.44. The van der Waals surface area contributed by atoms with Gasteiger partial charge >= 0.3 is 0 Å². The fourth-order valence-electron chi connectivity index (χ4n) is 3.34. The number of aryl methyl sites for hydroxylation is 1. The standard InChI is InChI=1S/C19H16F3N/c1-2-11-3-5-14(17(20)7-11)12-4-6-15-13(8-12)9-18(21)16(10-23)19(15)22/h3,5,7,9,12H,2,4,6,8H2,1H3. The highest BCUT2D eigenvalue weighted by atomic mass is 19.1. The summed E-state index contributed by atoms with van der Waals surface area (Å²) in [5, 5.41) is 8.84. The van der Waals surface area contributed by atoms with Crippen molar-refractivity contribution < 1.29 is 13.2 Å². The van der Waals surface area contributed by atoms with Crippen molar-refractivity contribution in [2.24, 2.45) is 0 Å². The van der Waals surface area contributed by atoms with Crippen LogP contribution >= 0.6 is 0 Å². The molecule has 0 saturated carbocycles. The first-order valence-corrected chi connectivity index (χ1v) is 7.73. The van der Waals surface area contributed by atoms with Gasteiger partial charge in [-0.2, -0.15) is 5.26 Å². The predicted molar refractivity (Wildman–Crippen MR) is 81.6 cm³/mol. The molecule has 1 nitrogen and oxygen atoms in total. The van der Waals surface area contributed by atoms with Gasteiger partial charge in [-0.3, -0.25) is 0 Å². The molecule has 1 unspecified atom stereocenters. The van der Waals surface area contributed by atoms with Gasteiger partial charge in [0.15, 0.2) is 0 Å². The van der Waals surface area contributed by atoms with E-state index >= 15 is 0 Å². The maximum Gasteiger partial charge on any atom is 0.147 e. The molecule has 0 fully saturated rings. The molecule has 0 bridgehead atoms. The number of hydrogen-bond donors (Lipinski definition) is 0. The van der Waals surface area contributed by atoms with Crippen LogP contribution in [0.2, 0.25) is 0 Å². The van der Waals surface area contributed by atoms with Crippen molar-refractivity contribution in [3.05, 3.63) is 69.5 Å². The van der Waals surface area contributed by atoms with Crippen molar-refractivity contribution in [2.75, 3.05) is 0 Å². The quantitative estimate of drug-likeness (QED) is 0.780. The lowest BCUT2D eigenvalue weighted by atomic mass is 9.79. The number of nitrogens with zero attached hydrogens (tertiary/aromatic N) is 1. The van der Waals surface area contributed by atoms with Gasteiger partial charge in [0.2, 0.25) is 0 Å². The minimum absolute atomic E-state index is 0.0971. The van der Waals surface area contributed by atoms with E-state index in [9.17, 15) is 13.2 Å². The van der Waals surface area contributed by atoms with E-state index in [0.29, 0.717) is 36.0 Å². The molecule has 3 rings (SSSR count). The Hall–Kier alpha value is -2.28. The van der Waals surface area contributed by atoms with Gasteiger partial charge in [0.1, 0.15) is 29.1 Å². The van der Waals surface area contributed by atoms with Crippen LogP contribution in [-0.2, 0) is 19.3 Å². The molecule has 0 N–H and O–H groups in total. The molecule has 0 aliphatic heterocycles. The summed E-state index contributed by atoms with van der Waals surface area (Å²) in [6, 6.07) is 8.00. The monoisotopic (exact) mass is 315 g/mol. The summed E-state index contributed by atoms with van der Waals surface area (Å²) in [5.74, 6) is -1.96. The van der Waals surface area contributed by atoms with Crippen LogP contribution in [0.1, 0.15) is 47.1 Å². The van der Waals surface area contributed by atoms with Crippen LogP contribution in [0.5, 0.6) is 0 Å². The van der Waals surface area contributed by atoms with Crippen molar-refractivity contribution in [3.63, 3.8) is 0 Å². The smallest absolute Gasteiger partial charge is 0.147 e. The zero-order valence-corrected chi connectivity index (χ0v) is 12.8. The van der Waals surface area contributed by atoms with E-state index in [1.165, 1.54) is 12.1 Å². The van der Waals surface area contributed by atoms with Crippen LogP contribution in [0.15, 0.2) is 24.3 Å². The third-order valence-electron chi connectivity index (χ3n) is 4.65. The van der Waals surface area contributed by atoms with Gasteiger partial charge in [-0.25, -0.2) is 13.2 Å². The number of benzene rings is 2. The summed E-state index contributed by atoms with van der Waals surface area (Å²) >= 11 is 0. The second kappa shape index (κ2) is 6.08. The van der Waals surface area contributed by atoms with Crippen molar-refractivity contribution in [1.29, 1.82) is 5.26 Å². The van der Waals surface area contributed by atoms with Crippen LogP contribution in [0.4, 0.5) is 13.2 Å². The summed E-state index contributed by atoms with van der Waals surface area (Å²) in [5.41, 5.74) is 1.93. The van der Waals surface area contributed by atoms with Gasteiger partial charge < -0.3 is 0 Å². The third-order valence-corrected chi connectivity index (χ3v) is 4.65. The fraction of sp³-hybridized carbons (Fsp3) is 0.316. The molecular formula is C19H16F3N. The van der Waals surface area contributed by atoms with E-state index in [4.69, 9.17) is 5.26 Å². The number of hydrogen-bond acceptors (Lipinski definition) is 1. The average molecular weight is 315 g/mol. The largest absolute Gasteiger partial charge is 0.207 e. The topological polar surface area (TPSA) is 23.8 Å². The predicted octanol–water partition coefficient (Wildman–Crippen LogP) is 4.81. The number of nitriles is 1. The molecule has 118 valence electrons. The van der Waals surface area contributed by atoms with E-state index in [2.05, 4.69) is 0 Å². The van der Waals surface area contributed by atoms with E-state index in [1.54, 1.807) is 12.1 Å². The second-order valence-corrected chi connectivity index (χ2v) is 5.95. The van der Waals surface area contributed by atoms with Gasteiger partial charge in [0, 0.05) is 0 Å². The molecule has 1 aliphatic rings. The first kappa shape index (κ1) is 15.6. The molecular weight excluding hydrogens is 299 g/mol. The van der Waals surface area contributed by atoms with Crippen molar-refractivity contribution in [2.45, 2.75) is 38.5 Å². The number of fused-ring (bicyclic) bond motifs is 1. The minimum Gasteiger partial charge on any atom is -0.207 e. The van der Waals surface area contributed by atoms with Gasteiger partial charge in [-0.1, -0.05) is 19.1 Å². The molecule has 2 aromatic rings. The van der Waals surface area contributed by atoms with E-state index < -0.39 is 17.2 Å². The van der Waals surface area contributed by atoms with Crippen molar-refractivity contribution in [3.8, 4) is 6.07 Å². The summed E-state index contributed by atoms with van der Waals surface area (Å²) in [4.78, 5) is 0. The molecule has 0 saturated heterocycles. The van der Waals surface area contributed by atoms with E-state index in [0.717, 1.165) is 12.0 Å². The highest BCUT2D eigenvalue weighted by Gasteiger charge is 2.27. The van der Waals surface area contributed by atoms with Gasteiger partial charge in [0.25, 0.3) is 0 Å². The van der Waals surface area contributed by atoms with Gasteiger partial charge in [-0.05, 0) is 66.0 Å². The normalized spacial score (nSPS) is 16.7. The minimum atomic E-state index is -0.841. The van der Waals surface area contributed by atoms with Crippen LogP contribution in [0.25, 0.3) is 0 Å². The molecule has 4 heteroatoms. The van der Waals surface area contributed by atoms with Crippen LogP contribution in [-0.4, -0.2) is 0 Å². The zero-order chi connectivity index (χ0) is 16.6. The summed E-state index contributed by atoms with van der Waals surface area (Å²) in [7, 11) is 0. The Kier molecular flexibility index (Phi) is 4.12. The van der Waals surface area contributed by atoms with Gasteiger partial charge in [0.05, 0.1) is 0 Å². The lowest BCUT2D eigenvalue weighted by Crippen LogP contribution is -2.17. The third kappa shape index (κ3) is 2.72. The molecule has 0 heterocycles. The lowest BCUT2D eigenvalue weighted by Gasteiger charge is -2.26. The molecule has 0 aromatic heterocycles. The van der Waals surface area contributed by atoms with Crippen LogP contribution in [0.3, 0.4) is 0 Å². The molecule has 2 aromatic carbocycles. The number of halogens is 3. The van der Waals surface area contributed by atoms with Crippen LogP contribution in [0, 0.1) is 28.8 Å². The van der Waals surface area contributed by atoms with E-state index in [1.807, 2.05) is 13.0 Å². The Bertz CT molecular complexity index is 805. The molecule has 0 radical (unpaired) electrons. The maximum atomic E-state index is 14.3. The van der Waals surface area contributed by atoms with Crippen molar-refractivity contribution in [1.82, 2.24) is 0 Å².